The summed E-state index contributed by atoms with van der Waals surface area (Å²) in [5.74, 6) is 0.583. The van der Waals surface area contributed by atoms with E-state index >= 15 is 0 Å². The maximum Gasteiger partial charge on any atom is 0.191 e. The number of aliphatic imine (C=N–C) groups is 1. The van der Waals surface area contributed by atoms with E-state index < -0.39 is 0 Å². The predicted molar refractivity (Wildman–Crippen MR) is 101 cm³/mol. The number of benzene rings is 1. The van der Waals surface area contributed by atoms with Gasteiger partial charge in [-0.3, -0.25) is 4.68 Å². The van der Waals surface area contributed by atoms with E-state index in [4.69, 9.17) is 10.5 Å². The molecule has 0 bridgehead atoms. The Morgan fingerprint density at radius 2 is 1.91 bits per heavy atom. The smallest absolute Gasteiger partial charge is 0.191 e. The number of ether oxygens (including phenoxy) is 1. The Morgan fingerprint density at radius 1 is 1.17 bits per heavy atom. The van der Waals surface area contributed by atoms with Gasteiger partial charge in [-0.1, -0.05) is 30.3 Å². The molecule has 1 aliphatic rings. The highest BCUT2D eigenvalue weighted by atomic mass is 127. The van der Waals surface area contributed by atoms with E-state index in [1.54, 1.807) is 0 Å². The molecule has 23 heavy (non-hydrogen) atoms. The van der Waals surface area contributed by atoms with Crippen molar-refractivity contribution in [2.24, 2.45) is 10.7 Å². The number of rotatable bonds is 4. The van der Waals surface area contributed by atoms with E-state index in [9.17, 15) is 0 Å². The van der Waals surface area contributed by atoms with Gasteiger partial charge in [0.25, 0.3) is 0 Å². The van der Waals surface area contributed by atoms with Crippen molar-refractivity contribution in [3.8, 4) is 0 Å². The van der Waals surface area contributed by atoms with Gasteiger partial charge in [-0.25, -0.2) is 4.99 Å². The Bertz CT molecular complexity index is 622. The summed E-state index contributed by atoms with van der Waals surface area (Å²) in [5, 5.41) is 4.37. The van der Waals surface area contributed by atoms with Gasteiger partial charge < -0.3 is 15.4 Å². The molecule has 0 unspecified atom stereocenters. The molecule has 0 aliphatic carbocycles. The molecule has 3 rings (SSSR count). The van der Waals surface area contributed by atoms with Crippen molar-refractivity contribution < 1.29 is 4.74 Å². The number of nitrogens with zero attached hydrogens (tertiary/aromatic N) is 4. The summed E-state index contributed by atoms with van der Waals surface area (Å²) in [7, 11) is 0. The highest BCUT2D eigenvalue weighted by Crippen LogP contribution is 2.05. The molecule has 0 saturated carbocycles. The minimum atomic E-state index is 0. The molecule has 0 radical (unpaired) electrons. The van der Waals surface area contributed by atoms with Gasteiger partial charge in [0.2, 0.25) is 0 Å². The Labute approximate surface area is 153 Å². The lowest BCUT2D eigenvalue weighted by Gasteiger charge is -2.27. The molecule has 1 fully saturated rings. The highest BCUT2D eigenvalue weighted by Gasteiger charge is 2.12. The summed E-state index contributed by atoms with van der Waals surface area (Å²) in [6, 6.07) is 10.3. The summed E-state index contributed by atoms with van der Waals surface area (Å²) < 4.78 is 7.23. The summed E-state index contributed by atoms with van der Waals surface area (Å²) in [6.07, 6.45) is 3.86. The van der Waals surface area contributed by atoms with Crippen LogP contribution in [0.15, 0.2) is 47.7 Å². The van der Waals surface area contributed by atoms with Crippen molar-refractivity contribution in [1.82, 2.24) is 14.7 Å². The van der Waals surface area contributed by atoms with E-state index in [1.807, 2.05) is 35.3 Å². The third kappa shape index (κ3) is 5.21. The van der Waals surface area contributed by atoms with E-state index in [0.29, 0.717) is 25.7 Å². The number of hydrogen-bond donors (Lipinski definition) is 1. The number of guanidine groups is 1. The normalized spacial score (nSPS) is 15.3. The maximum atomic E-state index is 6.02. The van der Waals surface area contributed by atoms with Crippen molar-refractivity contribution in [2.45, 2.75) is 13.1 Å². The van der Waals surface area contributed by atoms with Crippen molar-refractivity contribution in [2.75, 3.05) is 26.3 Å². The third-order valence-corrected chi connectivity index (χ3v) is 3.63. The number of halogens is 1. The molecule has 2 aromatic rings. The quantitative estimate of drug-likeness (QED) is 0.458. The average Bonchev–Trinajstić information content (AvgIpc) is 3.02. The minimum Gasteiger partial charge on any atom is -0.378 e. The first-order valence-electron chi connectivity index (χ1n) is 7.49. The van der Waals surface area contributed by atoms with Crippen LogP contribution in [0.4, 0.5) is 0 Å². The van der Waals surface area contributed by atoms with Crippen LogP contribution in [0.5, 0.6) is 0 Å². The second-order valence-corrected chi connectivity index (χ2v) is 5.31. The van der Waals surface area contributed by atoms with Crippen molar-refractivity contribution >= 4 is 29.9 Å². The number of morpholine rings is 1. The molecule has 124 valence electrons. The molecule has 0 amide bonds. The van der Waals surface area contributed by atoms with Gasteiger partial charge in [-0.2, -0.15) is 5.10 Å². The van der Waals surface area contributed by atoms with Gasteiger partial charge in [0, 0.05) is 24.8 Å². The van der Waals surface area contributed by atoms with Crippen LogP contribution in [0, 0.1) is 0 Å². The second kappa shape index (κ2) is 8.88. The second-order valence-electron chi connectivity index (χ2n) is 5.31. The van der Waals surface area contributed by atoms with Gasteiger partial charge in [0.05, 0.1) is 32.5 Å². The Hall–Kier alpha value is -1.61. The van der Waals surface area contributed by atoms with E-state index in [-0.39, 0.29) is 24.0 Å². The molecule has 1 saturated heterocycles. The molecule has 1 aromatic heterocycles. The summed E-state index contributed by atoms with van der Waals surface area (Å²) in [4.78, 5) is 6.50. The first-order valence-corrected chi connectivity index (χ1v) is 7.49. The highest BCUT2D eigenvalue weighted by molar-refractivity contribution is 14.0. The summed E-state index contributed by atoms with van der Waals surface area (Å²) in [5.41, 5.74) is 8.31. The Balaban J connectivity index is 0.00000192. The largest absolute Gasteiger partial charge is 0.378 e. The van der Waals surface area contributed by atoms with Crippen molar-refractivity contribution in [1.29, 1.82) is 0 Å². The van der Waals surface area contributed by atoms with Gasteiger partial charge in [0.1, 0.15) is 0 Å². The Morgan fingerprint density at radius 3 is 2.65 bits per heavy atom. The molecule has 2 N–H and O–H groups in total. The maximum absolute atomic E-state index is 6.02. The fraction of sp³-hybridized carbons (Fsp3) is 0.375. The average molecular weight is 427 g/mol. The molecule has 2 heterocycles. The monoisotopic (exact) mass is 427 g/mol. The van der Waals surface area contributed by atoms with Gasteiger partial charge in [-0.15, -0.1) is 24.0 Å². The van der Waals surface area contributed by atoms with Crippen LogP contribution in [0.25, 0.3) is 0 Å². The predicted octanol–water partition coefficient (Wildman–Crippen LogP) is 1.70. The summed E-state index contributed by atoms with van der Waals surface area (Å²) in [6.45, 7) is 4.36. The van der Waals surface area contributed by atoms with Crippen LogP contribution in [-0.2, 0) is 17.8 Å². The first-order chi connectivity index (χ1) is 10.8. The minimum absolute atomic E-state index is 0. The van der Waals surface area contributed by atoms with E-state index in [2.05, 4.69) is 27.1 Å². The fourth-order valence-electron chi connectivity index (χ4n) is 2.41. The molecular weight excluding hydrogens is 405 g/mol. The SMILES string of the molecule is I.NC(=NCc1cnn(Cc2ccccc2)c1)N1CCOCC1. The zero-order chi connectivity index (χ0) is 15.2. The first kappa shape index (κ1) is 17.7. The lowest BCUT2D eigenvalue weighted by Crippen LogP contribution is -2.44. The molecule has 7 heteroatoms. The molecule has 0 spiro atoms. The molecule has 0 atom stereocenters. The number of hydrogen-bond acceptors (Lipinski definition) is 3. The van der Waals surface area contributed by atoms with Crippen LogP contribution in [0.2, 0.25) is 0 Å². The zero-order valence-electron chi connectivity index (χ0n) is 13.0. The molecule has 1 aromatic carbocycles. The molecule has 6 nitrogen and oxygen atoms in total. The molecular formula is C16H22IN5O. The third-order valence-electron chi connectivity index (χ3n) is 3.63. The van der Waals surface area contributed by atoms with Crippen molar-refractivity contribution in [3.63, 3.8) is 0 Å². The van der Waals surface area contributed by atoms with Gasteiger partial charge in [0.15, 0.2) is 5.96 Å². The van der Waals surface area contributed by atoms with Crippen LogP contribution in [0.3, 0.4) is 0 Å². The fourth-order valence-corrected chi connectivity index (χ4v) is 2.41. The molecule has 1 aliphatic heterocycles. The van der Waals surface area contributed by atoms with Crippen LogP contribution >= 0.6 is 24.0 Å². The number of aromatic nitrogens is 2. The Kier molecular flexibility index (Phi) is 6.85. The van der Waals surface area contributed by atoms with E-state index in [1.165, 1.54) is 5.56 Å². The van der Waals surface area contributed by atoms with Gasteiger partial charge in [-0.05, 0) is 5.56 Å². The van der Waals surface area contributed by atoms with Gasteiger partial charge >= 0.3 is 0 Å². The lowest BCUT2D eigenvalue weighted by molar-refractivity contribution is 0.0674. The van der Waals surface area contributed by atoms with Crippen LogP contribution < -0.4 is 5.73 Å². The number of nitrogens with two attached hydrogens (primary N) is 1. The standard InChI is InChI=1S/C16H21N5O.HI/c17-16(20-6-8-22-9-7-20)18-10-15-11-19-21(13-15)12-14-4-2-1-3-5-14;/h1-5,11,13H,6-10,12H2,(H2,17,18);1H. The van der Waals surface area contributed by atoms with Crippen LogP contribution in [0.1, 0.15) is 11.1 Å². The lowest BCUT2D eigenvalue weighted by atomic mass is 10.2. The summed E-state index contributed by atoms with van der Waals surface area (Å²) >= 11 is 0. The van der Waals surface area contributed by atoms with E-state index in [0.717, 1.165) is 25.2 Å². The van der Waals surface area contributed by atoms with Crippen LogP contribution in [-0.4, -0.2) is 46.9 Å². The topological polar surface area (TPSA) is 68.7 Å². The van der Waals surface area contributed by atoms with Crippen molar-refractivity contribution in [3.05, 3.63) is 53.9 Å². The zero-order valence-corrected chi connectivity index (χ0v) is 15.3.